The number of halogens is 1. The molecular weight excluding hydrogens is 386 g/mol. The van der Waals surface area contributed by atoms with Gasteiger partial charge in [0.15, 0.2) is 0 Å². The maximum atomic E-state index is 12.8. The SMILES string of the molecule is COc1ccc(Cl)cc1N/C=C(/C#N)C(=O)NC(C)C12CC3CC(CC(C3)C1)C2. The summed E-state index contributed by atoms with van der Waals surface area (Å²) < 4.78 is 5.30. The normalized spacial score (nSPS) is 31.1. The van der Waals surface area contributed by atoms with Gasteiger partial charge in [0.05, 0.1) is 12.8 Å². The van der Waals surface area contributed by atoms with Gasteiger partial charge in [0.25, 0.3) is 5.91 Å². The quantitative estimate of drug-likeness (QED) is 0.514. The zero-order valence-corrected chi connectivity index (χ0v) is 17.8. The topological polar surface area (TPSA) is 74.1 Å². The third-order valence-corrected chi connectivity index (χ3v) is 7.49. The Labute approximate surface area is 177 Å². The molecule has 5 rings (SSSR count). The summed E-state index contributed by atoms with van der Waals surface area (Å²) in [7, 11) is 1.56. The largest absolute Gasteiger partial charge is 0.495 e. The summed E-state index contributed by atoms with van der Waals surface area (Å²) in [5, 5.41) is 16.2. The summed E-state index contributed by atoms with van der Waals surface area (Å²) in [5.41, 5.74) is 0.854. The first-order valence-electron chi connectivity index (χ1n) is 10.4. The Balaban J connectivity index is 1.45. The van der Waals surface area contributed by atoms with Crippen LogP contribution in [0.4, 0.5) is 5.69 Å². The molecule has 29 heavy (non-hydrogen) atoms. The molecule has 0 heterocycles. The van der Waals surface area contributed by atoms with Crippen LogP contribution in [0.2, 0.25) is 5.02 Å². The molecule has 4 fully saturated rings. The third kappa shape index (κ3) is 3.96. The molecule has 4 bridgehead atoms. The standard InChI is InChI=1S/C23H28ClN3O2/c1-14(23-9-15-5-16(10-23)7-17(6-15)11-23)27-22(28)18(12-25)13-26-20-8-19(24)3-4-21(20)29-2/h3-4,8,13-17,26H,5-7,9-11H2,1-2H3,(H,27,28)/b18-13-. The average molecular weight is 414 g/mol. The van der Waals surface area contributed by atoms with E-state index in [0.29, 0.717) is 16.5 Å². The molecule has 4 aliphatic rings. The predicted molar refractivity (Wildman–Crippen MR) is 114 cm³/mol. The number of ether oxygens (including phenoxy) is 1. The molecular formula is C23H28ClN3O2. The Hall–Kier alpha value is -2.19. The van der Waals surface area contributed by atoms with E-state index in [-0.39, 0.29) is 22.9 Å². The number of anilines is 1. The van der Waals surface area contributed by atoms with Crippen molar-refractivity contribution >= 4 is 23.2 Å². The van der Waals surface area contributed by atoms with E-state index in [4.69, 9.17) is 16.3 Å². The van der Waals surface area contributed by atoms with Crippen LogP contribution in [0.15, 0.2) is 30.0 Å². The molecule has 0 radical (unpaired) electrons. The first kappa shape index (κ1) is 20.1. The molecule has 0 spiro atoms. The second-order valence-corrected chi connectivity index (χ2v) is 9.57. The van der Waals surface area contributed by atoms with E-state index in [1.807, 2.05) is 6.07 Å². The van der Waals surface area contributed by atoms with E-state index < -0.39 is 0 Å². The second-order valence-electron chi connectivity index (χ2n) is 9.13. The minimum Gasteiger partial charge on any atom is -0.495 e. The highest BCUT2D eigenvalue weighted by atomic mass is 35.5. The maximum Gasteiger partial charge on any atom is 0.263 e. The minimum absolute atomic E-state index is 0.0450. The first-order valence-corrected chi connectivity index (χ1v) is 10.8. The number of methoxy groups -OCH3 is 1. The fraction of sp³-hybridized carbons (Fsp3) is 0.565. The molecule has 4 saturated carbocycles. The number of hydrogen-bond acceptors (Lipinski definition) is 4. The Bertz CT molecular complexity index is 838. The van der Waals surface area contributed by atoms with Crippen molar-refractivity contribution in [1.82, 2.24) is 5.32 Å². The number of nitrogens with zero attached hydrogens (tertiary/aromatic N) is 1. The monoisotopic (exact) mass is 413 g/mol. The highest BCUT2D eigenvalue weighted by Gasteiger charge is 2.53. The lowest BCUT2D eigenvalue weighted by Gasteiger charge is -2.59. The van der Waals surface area contributed by atoms with Gasteiger partial charge in [0.2, 0.25) is 0 Å². The van der Waals surface area contributed by atoms with Gasteiger partial charge >= 0.3 is 0 Å². The lowest BCUT2D eigenvalue weighted by molar-refractivity contribution is -0.122. The summed E-state index contributed by atoms with van der Waals surface area (Å²) in [4.78, 5) is 12.8. The summed E-state index contributed by atoms with van der Waals surface area (Å²) in [6, 6.07) is 7.24. The Morgan fingerprint density at radius 3 is 2.45 bits per heavy atom. The molecule has 0 saturated heterocycles. The summed E-state index contributed by atoms with van der Waals surface area (Å²) in [5.74, 6) is 2.73. The second kappa shape index (κ2) is 7.91. The lowest BCUT2D eigenvalue weighted by atomic mass is 9.48. The van der Waals surface area contributed by atoms with Crippen molar-refractivity contribution in [2.45, 2.75) is 51.5 Å². The van der Waals surface area contributed by atoms with Crippen molar-refractivity contribution in [1.29, 1.82) is 5.26 Å². The zero-order valence-electron chi connectivity index (χ0n) is 17.0. The van der Waals surface area contributed by atoms with Crippen LogP contribution in [-0.4, -0.2) is 19.1 Å². The van der Waals surface area contributed by atoms with E-state index in [1.165, 1.54) is 44.7 Å². The van der Waals surface area contributed by atoms with Gasteiger partial charge < -0.3 is 15.4 Å². The van der Waals surface area contributed by atoms with Gasteiger partial charge in [-0.3, -0.25) is 4.79 Å². The Morgan fingerprint density at radius 1 is 1.28 bits per heavy atom. The summed E-state index contributed by atoms with van der Waals surface area (Å²) in [6.07, 6.45) is 9.17. The van der Waals surface area contributed by atoms with E-state index in [2.05, 4.69) is 17.6 Å². The van der Waals surface area contributed by atoms with Crippen LogP contribution in [0.1, 0.15) is 45.4 Å². The van der Waals surface area contributed by atoms with Crippen molar-refractivity contribution in [2.75, 3.05) is 12.4 Å². The average Bonchev–Trinajstić information content (AvgIpc) is 2.67. The van der Waals surface area contributed by atoms with E-state index in [9.17, 15) is 10.1 Å². The molecule has 6 heteroatoms. The number of carbonyl (C=O) groups is 1. The van der Waals surface area contributed by atoms with Gasteiger partial charge in [-0.2, -0.15) is 5.26 Å². The van der Waals surface area contributed by atoms with Gasteiger partial charge in [-0.1, -0.05) is 11.6 Å². The van der Waals surface area contributed by atoms with Crippen molar-refractivity contribution in [3.8, 4) is 11.8 Å². The zero-order chi connectivity index (χ0) is 20.6. The highest BCUT2D eigenvalue weighted by Crippen LogP contribution is 2.61. The van der Waals surface area contributed by atoms with Crippen LogP contribution in [-0.2, 0) is 4.79 Å². The van der Waals surface area contributed by atoms with Gasteiger partial charge in [-0.15, -0.1) is 0 Å². The molecule has 1 unspecified atom stereocenters. The Morgan fingerprint density at radius 2 is 1.90 bits per heavy atom. The van der Waals surface area contributed by atoms with Crippen molar-refractivity contribution < 1.29 is 9.53 Å². The van der Waals surface area contributed by atoms with Crippen LogP contribution in [0.25, 0.3) is 0 Å². The van der Waals surface area contributed by atoms with E-state index in [0.717, 1.165) is 17.8 Å². The molecule has 1 aromatic rings. The fourth-order valence-corrected chi connectivity index (χ4v) is 6.40. The van der Waals surface area contributed by atoms with Crippen LogP contribution in [0.5, 0.6) is 5.75 Å². The van der Waals surface area contributed by atoms with E-state index in [1.54, 1.807) is 25.3 Å². The molecule has 154 valence electrons. The van der Waals surface area contributed by atoms with Crippen molar-refractivity contribution in [3.05, 3.63) is 35.0 Å². The molecule has 4 aliphatic carbocycles. The van der Waals surface area contributed by atoms with Crippen LogP contribution >= 0.6 is 11.6 Å². The van der Waals surface area contributed by atoms with E-state index >= 15 is 0 Å². The summed E-state index contributed by atoms with van der Waals surface area (Å²) >= 11 is 6.04. The third-order valence-electron chi connectivity index (χ3n) is 7.25. The maximum absolute atomic E-state index is 12.8. The predicted octanol–water partition coefficient (Wildman–Crippen LogP) is 4.89. The van der Waals surface area contributed by atoms with Gasteiger partial charge in [0.1, 0.15) is 17.4 Å². The molecule has 1 atom stereocenters. The number of hydrogen-bond donors (Lipinski definition) is 2. The molecule has 5 nitrogen and oxygen atoms in total. The number of carbonyl (C=O) groups excluding carboxylic acids is 1. The Kier molecular flexibility index (Phi) is 5.48. The van der Waals surface area contributed by atoms with Crippen LogP contribution < -0.4 is 15.4 Å². The lowest BCUT2D eigenvalue weighted by Crippen LogP contribution is -2.56. The number of rotatable bonds is 6. The van der Waals surface area contributed by atoms with Crippen molar-refractivity contribution in [2.24, 2.45) is 23.2 Å². The highest BCUT2D eigenvalue weighted by molar-refractivity contribution is 6.30. The molecule has 2 N–H and O–H groups in total. The molecule has 1 amide bonds. The molecule has 0 aromatic heterocycles. The van der Waals surface area contributed by atoms with Gasteiger partial charge in [-0.05, 0) is 86.8 Å². The summed E-state index contributed by atoms with van der Waals surface area (Å²) in [6.45, 7) is 2.12. The number of nitrogens with one attached hydrogen (secondary N) is 2. The number of nitriles is 1. The van der Waals surface area contributed by atoms with Crippen molar-refractivity contribution in [3.63, 3.8) is 0 Å². The first-order chi connectivity index (χ1) is 13.9. The number of amides is 1. The van der Waals surface area contributed by atoms with Gasteiger partial charge in [-0.25, -0.2) is 0 Å². The van der Waals surface area contributed by atoms with Gasteiger partial charge in [0, 0.05) is 17.3 Å². The molecule has 1 aromatic carbocycles. The molecule has 0 aliphatic heterocycles. The minimum atomic E-state index is -0.329. The van der Waals surface area contributed by atoms with Crippen LogP contribution in [0, 0.1) is 34.5 Å². The smallest absolute Gasteiger partial charge is 0.263 e. The fourth-order valence-electron chi connectivity index (χ4n) is 6.23. The van der Waals surface area contributed by atoms with Crippen LogP contribution in [0.3, 0.4) is 0 Å². The number of benzene rings is 1.